The summed E-state index contributed by atoms with van der Waals surface area (Å²) in [5, 5.41) is 3.32. The lowest BCUT2D eigenvalue weighted by Gasteiger charge is -2.40. The number of amides is 1. The van der Waals surface area contributed by atoms with Crippen molar-refractivity contribution in [1.29, 1.82) is 0 Å². The predicted octanol–water partition coefficient (Wildman–Crippen LogP) is 3.05. The molecule has 0 spiro atoms. The highest BCUT2D eigenvalue weighted by molar-refractivity contribution is 5.76. The van der Waals surface area contributed by atoms with Crippen molar-refractivity contribution in [3.63, 3.8) is 0 Å². The van der Waals surface area contributed by atoms with Gasteiger partial charge in [0.05, 0.1) is 0 Å². The number of likely N-dealkylation sites (N-methyl/N-ethyl adjacent to an activating group) is 1. The molecule has 1 aliphatic heterocycles. The largest absolute Gasteiger partial charge is 0.341 e. The molecule has 3 atom stereocenters. The molecule has 1 aliphatic carbocycles. The zero-order valence-electron chi connectivity index (χ0n) is 13.7. The molecule has 1 saturated carbocycles. The van der Waals surface area contributed by atoms with E-state index in [1.165, 1.54) is 25.7 Å². The van der Waals surface area contributed by atoms with Crippen LogP contribution in [0, 0.1) is 17.3 Å². The number of piperidine rings is 1. The SMILES string of the molecule is CNC1CCCN(C(=O)CC2CC(C)CC(C)(C)C2)C1. The van der Waals surface area contributed by atoms with Gasteiger partial charge in [-0.05, 0) is 56.4 Å². The Morgan fingerprint density at radius 3 is 2.75 bits per heavy atom. The molecule has 2 fully saturated rings. The first-order valence-corrected chi connectivity index (χ1v) is 8.34. The third-order valence-corrected chi connectivity index (χ3v) is 5.12. The van der Waals surface area contributed by atoms with Crippen LogP contribution in [0.3, 0.4) is 0 Å². The van der Waals surface area contributed by atoms with Gasteiger partial charge in [-0.15, -0.1) is 0 Å². The van der Waals surface area contributed by atoms with Gasteiger partial charge in [-0.1, -0.05) is 20.8 Å². The highest BCUT2D eigenvalue weighted by Crippen LogP contribution is 2.43. The van der Waals surface area contributed by atoms with E-state index in [4.69, 9.17) is 0 Å². The molecule has 0 aromatic rings. The predicted molar refractivity (Wildman–Crippen MR) is 83.6 cm³/mol. The van der Waals surface area contributed by atoms with Gasteiger partial charge < -0.3 is 10.2 Å². The minimum atomic E-state index is 0.389. The van der Waals surface area contributed by atoms with Crippen molar-refractivity contribution >= 4 is 5.91 Å². The summed E-state index contributed by atoms with van der Waals surface area (Å²) in [6.07, 6.45) is 6.87. The third-order valence-electron chi connectivity index (χ3n) is 5.12. The van der Waals surface area contributed by atoms with Gasteiger partial charge >= 0.3 is 0 Å². The average molecular weight is 280 g/mol. The van der Waals surface area contributed by atoms with E-state index in [-0.39, 0.29) is 0 Å². The standard InChI is InChI=1S/C17H32N2O/c1-13-8-14(11-17(2,3)10-13)9-16(20)19-7-5-6-15(12-19)18-4/h13-15,18H,5-12H2,1-4H3. The first-order valence-electron chi connectivity index (χ1n) is 8.34. The second-order valence-corrected chi connectivity index (χ2v) is 7.95. The lowest BCUT2D eigenvalue weighted by Crippen LogP contribution is -2.47. The second-order valence-electron chi connectivity index (χ2n) is 7.95. The highest BCUT2D eigenvalue weighted by Gasteiger charge is 2.34. The molecule has 1 N–H and O–H groups in total. The molecule has 0 aromatic heterocycles. The maximum Gasteiger partial charge on any atom is 0.222 e. The molecule has 0 bridgehead atoms. The van der Waals surface area contributed by atoms with E-state index >= 15 is 0 Å². The van der Waals surface area contributed by atoms with E-state index in [0.29, 0.717) is 23.3 Å². The van der Waals surface area contributed by atoms with Crippen LogP contribution >= 0.6 is 0 Å². The highest BCUT2D eigenvalue weighted by atomic mass is 16.2. The van der Waals surface area contributed by atoms with Gasteiger partial charge in [0.15, 0.2) is 0 Å². The summed E-state index contributed by atoms with van der Waals surface area (Å²) in [6, 6.07) is 0.495. The summed E-state index contributed by atoms with van der Waals surface area (Å²) < 4.78 is 0. The molecule has 3 nitrogen and oxygen atoms in total. The Morgan fingerprint density at radius 2 is 2.10 bits per heavy atom. The van der Waals surface area contributed by atoms with Crippen molar-refractivity contribution in [2.45, 2.75) is 65.3 Å². The van der Waals surface area contributed by atoms with Crippen LogP contribution in [-0.2, 0) is 4.79 Å². The topological polar surface area (TPSA) is 32.3 Å². The number of hydrogen-bond donors (Lipinski definition) is 1. The average Bonchev–Trinajstić information content (AvgIpc) is 2.36. The van der Waals surface area contributed by atoms with E-state index < -0.39 is 0 Å². The van der Waals surface area contributed by atoms with Gasteiger partial charge in [-0.25, -0.2) is 0 Å². The Hall–Kier alpha value is -0.570. The minimum absolute atomic E-state index is 0.389. The summed E-state index contributed by atoms with van der Waals surface area (Å²) in [7, 11) is 2.00. The van der Waals surface area contributed by atoms with Crippen LogP contribution in [0.15, 0.2) is 0 Å². The maximum absolute atomic E-state index is 12.5. The molecule has 3 heteroatoms. The Morgan fingerprint density at radius 1 is 1.35 bits per heavy atom. The summed E-state index contributed by atoms with van der Waals surface area (Å²) in [4.78, 5) is 14.6. The molecule has 20 heavy (non-hydrogen) atoms. The lowest BCUT2D eigenvalue weighted by atomic mass is 9.67. The minimum Gasteiger partial charge on any atom is -0.341 e. The molecular weight excluding hydrogens is 248 g/mol. The van der Waals surface area contributed by atoms with Crippen LogP contribution in [0.4, 0.5) is 0 Å². The number of hydrogen-bond acceptors (Lipinski definition) is 2. The molecule has 2 aliphatic rings. The van der Waals surface area contributed by atoms with Gasteiger partial charge in [0, 0.05) is 25.6 Å². The Bertz CT molecular complexity index is 340. The van der Waals surface area contributed by atoms with Crippen LogP contribution in [0.25, 0.3) is 0 Å². The first-order chi connectivity index (χ1) is 9.39. The van der Waals surface area contributed by atoms with Crippen LogP contribution in [0.2, 0.25) is 0 Å². The molecule has 1 saturated heterocycles. The third kappa shape index (κ3) is 4.21. The lowest BCUT2D eigenvalue weighted by molar-refractivity contribution is -0.134. The first kappa shape index (κ1) is 15.8. The van der Waals surface area contributed by atoms with Gasteiger partial charge in [0.2, 0.25) is 5.91 Å². The molecule has 1 amide bonds. The molecule has 0 aromatic carbocycles. The zero-order chi connectivity index (χ0) is 14.8. The molecule has 0 radical (unpaired) electrons. The fourth-order valence-electron chi connectivity index (χ4n) is 4.51. The fourth-order valence-corrected chi connectivity index (χ4v) is 4.51. The number of likely N-dealkylation sites (tertiary alicyclic amines) is 1. The van der Waals surface area contributed by atoms with Gasteiger partial charge in [-0.2, -0.15) is 0 Å². The molecule has 116 valence electrons. The zero-order valence-corrected chi connectivity index (χ0v) is 13.7. The van der Waals surface area contributed by atoms with Gasteiger partial charge in [-0.3, -0.25) is 4.79 Å². The molecule has 2 rings (SSSR count). The van der Waals surface area contributed by atoms with E-state index in [1.54, 1.807) is 0 Å². The van der Waals surface area contributed by atoms with Crippen molar-refractivity contribution in [3.05, 3.63) is 0 Å². The maximum atomic E-state index is 12.5. The number of nitrogens with zero attached hydrogens (tertiary/aromatic N) is 1. The van der Waals surface area contributed by atoms with E-state index in [1.807, 2.05) is 7.05 Å². The quantitative estimate of drug-likeness (QED) is 0.862. The number of carbonyl (C=O) groups excluding carboxylic acids is 1. The van der Waals surface area contributed by atoms with Gasteiger partial charge in [0.1, 0.15) is 0 Å². The normalized spacial score (nSPS) is 34.0. The molecular formula is C17H32N2O. The fraction of sp³-hybridized carbons (Fsp3) is 0.941. The summed E-state index contributed by atoms with van der Waals surface area (Å²) in [5.74, 6) is 1.75. The molecule has 3 unspecified atom stereocenters. The van der Waals surface area contributed by atoms with Crippen LogP contribution in [0.5, 0.6) is 0 Å². The van der Waals surface area contributed by atoms with Crippen molar-refractivity contribution in [2.75, 3.05) is 20.1 Å². The van der Waals surface area contributed by atoms with E-state index in [9.17, 15) is 4.79 Å². The van der Waals surface area contributed by atoms with Crippen molar-refractivity contribution in [1.82, 2.24) is 10.2 Å². The van der Waals surface area contributed by atoms with Crippen LogP contribution < -0.4 is 5.32 Å². The van der Waals surface area contributed by atoms with Gasteiger partial charge in [0.25, 0.3) is 0 Å². The van der Waals surface area contributed by atoms with E-state index in [0.717, 1.165) is 31.8 Å². The van der Waals surface area contributed by atoms with Crippen LogP contribution in [0.1, 0.15) is 59.3 Å². The monoisotopic (exact) mass is 280 g/mol. The molecule has 1 heterocycles. The Balaban J connectivity index is 1.87. The Kier molecular flexibility index (Phi) is 5.11. The Labute approximate surface area is 124 Å². The second kappa shape index (κ2) is 6.46. The van der Waals surface area contributed by atoms with Crippen molar-refractivity contribution in [3.8, 4) is 0 Å². The summed E-state index contributed by atoms with van der Waals surface area (Å²) in [6.45, 7) is 8.93. The van der Waals surface area contributed by atoms with Crippen molar-refractivity contribution in [2.24, 2.45) is 17.3 Å². The summed E-state index contributed by atoms with van der Waals surface area (Å²) >= 11 is 0. The number of rotatable bonds is 3. The number of carbonyl (C=O) groups is 1. The number of nitrogens with one attached hydrogen (secondary N) is 1. The van der Waals surface area contributed by atoms with E-state index in [2.05, 4.69) is 31.0 Å². The smallest absolute Gasteiger partial charge is 0.222 e. The van der Waals surface area contributed by atoms with Crippen LogP contribution in [-0.4, -0.2) is 37.0 Å². The summed E-state index contributed by atoms with van der Waals surface area (Å²) in [5.41, 5.74) is 0.415. The van der Waals surface area contributed by atoms with Crippen molar-refractivity contribution < 1.29 is 4.79 Å².